The van der Waals surface area contributed by atoms with Gasteiger partial charge in [-0.25, -0.2) is 0 Å². The number of hydrogen-bond acceptors (Lipinski definition) is 3. The molecule has 1 aromatic heterocycles. The third kappa shape index (κ3) is 2.56. The summed E-state index contributed by atoms with van der Waals surface area (Å²) in [6.45, 7) is 0.959. The fraction of sp³-hybridized carbons (Fsp3) is 0.636. The molecule has 1 aliphatic heterocycles. The quantitative estimate of drug-likeness (QED) is 0.803. The van der Waals surface area contributed by atoms with Gasteiger partial charge in [-0.2, -0.15) is 0 Å². The molecule has 1 fully saturated rings. The molecule has 78 valence electrons. The zero-order valence-electron chi connectivity index (χ0n) is 8.33. The molecule has 1 saturated heterocycles. The van der Waals surface area contributed by atoms with Crippen LogP contribution in [0.25, 0.3) is 0 Å². The first kappa shape index (κ1) is 10.1. The molecule has 1 unspecified atom stereocenters. The summed E-state index contributed by atoms with van der Waals surface area (Å²) in [5.74, 6) is 0. The molecule has 2 rings (SSSR count). The standard InChI is InChI=1S/C11H17NOS/c13-11(6-1-2-8-12-11)7-5-10-4-3-9-14-10/h3-4,9,12-13H,1-2,5-8H2. The van der Waals surface area contributed by atoms with Crippen molar-refractivity contribution in [3.8, 4) is 0 Å². The van der Waals surface area contributed by atoms with Crippen LogP contribution in [0.4, 0.5) is 0 Å². The first-order valence-electron chi connectivity index (χ1n) is 5.28. The van der Waals surface area contributed by atoms with Gasteiger partial charge < -0.3 is 5.11 Å². The van der Waals surface area contributed by atoms with Gasteiger partial charge >= 0.3 is 0 Å². The van der Waals surface area contributed by atoms with Gasteiger partial charge in [0.2, 0.25) is 0 Å². The van der Waals surface area contributed by atoms with Crippen LogP contribution >= 0.6 is 11.3 Å². The van der Waals surface area contributed by atoms with Crippen molar-refractivity contribution in [2.24, 2.45) is 0 Å². The average molecular weight is 211 g/mol. The van der Waals surface area contributed by atoms with E-state index < -0.39 is 5.72 Å². The van der Waals surface area contributed by atoms with Gasteiger partial charge in [-0.05, 0) is 50.1 Å². The van der Waals surface area contributed by atoms with E-state index in [9.17, 15) is 5.11 Å². The second-order valence-electron chi connectivity index (χ2n) is 3.99. The molecule has 2 heterocycles. The van der Waals surface area contributed by atoms with Crippen molar-refractivity contribution in [3.63, 3.8) is 0 Å². The minimum Gasteiger partial charge on any atom is -0.376 e. The van der Waals surface area contributed by atoms with Gasteiger partial charge in [0.25, 0.3) is 0 Å². The molecule has 0 radical (unpaired) electrons. The van der Waals surface area contributed by atoms with Gasteiger partial charge in [-0.3, -0.25) is 5.32 Å². The average Bonchev–Trinajstić information content (AvgIpc) is 2.69. The molecule has 0 bridgehead atoms. The molecule has 1 aromatic rings. The molecule has 2 N–H and O–H groups in total. The van der Waals surface area contributed by atoms with Gasteiger partial charge in [0.15, 0.2) is 0 Å². The first-order chi connectivity index (χ1) is 6.79. The van der Waals surface area contributed by atoms with E-state index in [1.54, 1.807) is 11.3 Å². The van der Waals surface area contributed by atoms with Crippen LogP contribution in [0.5, 0.6) is 0 Å². The van der Waals surface area contributed by atoms with Crippen molar-refractivity contribution in [1.82, 2.24) is 5.32 Å². The zero-order valence-corrected chi connectivity index (χ0v) is 9.15. The summed E-state index contributed by atoms with van der Waals surface area (Å²) in [4.78, 5) is 1.37. The van der Waals surface area contributed by atoms with Crippen molar-refractivity contribution < 1.29 is 5.11 Å². The van der Waals surface area contributed by atoms with Crippen LogP contribution in [0.1, 0.15) is 30.6 Å². The van der Waals surface area contributed by atoms with E-state index in [-0.39, 0.29) is 0 Å². The molecule has 2 nitrogen and oxygen atoms in total. The summed E-state index contributed by atoms with van der Waals surface area (Å²) in [5.41, 5.74) is -0.595. The Kier molecular flexibility index (Phi) is 3.21. The van der Waals surface area contributed by atoms with E-state index >= 15 is 0 Å². The van der Waals surface area contributed by atoms with E-state index in [0.29, 0.717) is 0 Å². The molecule has 0 amide bonds. The molecule has 1 atom stereocenters. The fourth-order valence-corrected chi connectivity index (χ4v) is 2.66. The molecule has 3 heteroatoms. The Balaban J connectivity index is 1.84. The Labute approximate surface area is 89.0 Å². The molecule has 0 spiro atoms. The van der Waals surface area contributed by atoms with Crippen molar-refractivity contribution in [1.29, 1.82) is 0 Å². The first-order valence-corrected chi connectivity index (χ1v) is 6.16. The Morgan fingerprint density at radius 3 is 3.07 bits per heavy atom. The number of thiophene rings is 1. The van der Waals surface area contributed by atoms with Crippen LogP contribution in [-0.4, -0.2) is 17.4 Å². The van der Waals surface area contributed by atoms with Gasteiger partial charge in [0.05, 0.1) is 0 Å². The third-order valence-corrected chi connectivity index (χ3v) is 3.77. The summed E-state index contributed by atoms with van der Waals surface area (Å²) in [5, 5.41) is 15.5. The fourth-order valence-electron chi connectivity index (χ4n) is 1.95. The van der Waals surface area contributed by atoms with Crippen LogP contribution in [0.15, 0.2) is 17.5 Å². The maximum absolute atomic E-state index is 10.2. The summed E-state index contributed by atoms with van der Waals surface area (Å²) in [6.07, 6.45) is 5.07. The lowest BCUT2D eigenvalue weighted by atomic mass is 9.96. The van der Waals surface area contributed by atoms with E-state index in [1.165, 1.54) is 11.3 Å². The molecule has 14 heavy (non-hydrogen) atoms. The van der Waals surface area contributed by atoms with Crippen molar-refractivity contribution >= 4 is 11.3 Å². The highest BCUT2D eigenvalue weighted by Crippen LogP contribution is 2.23. The predicted octanol–water partition coefficient (Wildman–Crippen LogP) is 2.14. The summed E-state index contributed by atoms with van der Waals surface area (Å²) < 4.78 is 0. The number of hydrogen-bond donors (Lipinski definition) is 2. The summed E-state index contributed by atoms with van der Waals surface area (Å²) in [6, 6.07) is 4.20. The third-order valence-electron chi connectivity index (χ3n) is 2.84. The zero-order chi connectivity index (χ0) is 9.86. The Morgan fingerprint density at radius 2 is 2.43 bits per heavy atom. The molecule has 0 aliphatic carbocycles. The Morgan fingerprint density at radius 1 is 1.50 bits per heavy atom. The largest absolute Gasteiger partial charge is 0.376 e. The Hall–Kier alpha value is -0.380. The Bertz CT molecular complexity index is 265. The molecule has 1 aliphatic rings. The number of aliphatic hydroxyl groups is 1. The highest BCUT2D eigenvalue weighted by Gasteiger charge is 2.27. The van der Waals surface area contributed by atoms with Crippen LogP contribution in [0, 0.1) is 0 Å². The van der Waals surface area contributed by atoms with Gasteiger partial charge in [-0.1, -0.05) is 6.07 Å². The minimum absolute atomic E-state index is 0.595. The number of piperidine rings is 1. The van der Waals surface area contributed by atoms with Gasteiger partial charge in [0.1, 0.15) is 5.72 Å². The number of nitrogens with one attached hydrogen (secondary N) is 1. The normalized spacial score (nSPS) is 27.8. The number of aryl methyl sites for hydroxylation is 1. The lowest BCUT2D eigenvalue weighted by Crippen LogP contribution is -2.48. The van der Waals surface area contributed by atoms with Crippen molar-refractivity contribution in [2.45, 2.75) is 37.8 Å². The van der Waals surface area contributed by atoms with E-state index in [0.717, 1.165) is 32.2 Å². The second-order valence-corrected chi connectivity index (χ2v) is 5.03. The van der Waals surface area contributed by atoms with Gasteiger partial charge in [0, 0.05) is 4.88 Å². The minimum atomic E-state index is -0.595. The SMILES string of the molecule is OC1(CCc2cccs2)CCCCN1. The molecular weight excluding hydrogens is 194 g/mol. The van der Waals surface area contributed by atoms with Crippen LogP contribution in [0.3, 0.4) is 0 Å². The van der Waals surface area contributed by atoms with E-state index in [4.69, 9.17) is 0 Å². The van der Waals surface area contributed by atoms with Crippen LogP contribution < -0.4 is 5.32 Å². The van der Waals surface area contributed by atoms with Crippen LogP contribution in [0.2, 0.25) is 0 Å². The molecular formula is C11H17NOS. The number of rotatable bonds is 3. The lowest BCUT2D eigenvalue weighted by Gasteiger charge is -2.33. The van der Waals surface area contributed by atoms with Crippen molar-refractivity contribution in [2.75, 3.05) is 6.54 Å². The predicted molar refractivity (Wildman–Crippen MR) is 59.4 cm³/mol. The summed E-state index contributed by atoms with van der Waals surface area (Å²) >= 11 is 1.77. The topological polar surface area (TPSA) is 32.3 Å². The molecule has 0 saturated carbocycles. The van der Waals surface area contributed by atoms with E-state index in [1.807, 2.05) is 0 Å². The lowest BCUT2D eigenvalue weighted by molar-refractivity contribution is -0.0255. The molecule has 0 aromatic carbocycles. The van der Waals surface area contributed by atoms with Gasteiger partial charge in [-0.15, -0.1) is 11.3 Å². The highest BCUT2D eigenvalue weighted by molar-refractivity contribution is 7.09. The van der Waals surface area contributed by atoms with Crippen LogP contribution in [-0.2, 0) is 6.42 Å². The maximum Gasteiger partial charge on any atom is 0.116 e. The highest BCUT2D eigenvalue weighted by atomic mass is 32.1. The van der Waals surface area contributed by atoms with Crippen molar-refractivity contribution in [3.05, 3.63) is 22.4 Å². The summed E-state index contributed by atoms with van der Waals surface area (Å²) in [7, 11) is 0. The maximum atomic E-state index is 10.2. The monoisotopic (exact) mass is 211 g/mol. The smallest absolute Gasteiger partial charge is 0.116 e. The second kappa shape index (κ2) is 4.43. The van der Waals surface area contributed by atoms with E-state index in [2.05, 4.69) is 22.8 Å².